The molecular weight excluding hydrogens is 323 g/mol. The molecule has 0 spiro atoms. The number of rotatable bonds is 8. The molecule has 2 N–H and O–H groups in total. The second-order valence-electron chi connectivity index (χ2n) is 5.03. The van der Waals surface area contributed by atoms with Crippen LogP contribution in [0.4, 0.5) is 13.2 Å². The average molecular weight is 341 g/mol. The zero-order chi connectivity index (χ0) is 17.5. The van der Waals surface area contributed by atoms with Crippen molar-refractivity contribution in [1.82, 2.24) is 5.32 Å². The molecule has 0 aliphatic rings. The van der Waals surface area contributed by atoms with E-state index in [0.29, 0.717) is 5.56 Å². The third-order valence-electron chi connectivity index (χ3n) is 3.38. The normalized spacial score (nSPS) is 12.2. The quantitative estimate of drug-likeness (QED) is 0.774. The Balaban J connectivity index is 1.95. The molecule has 0 amide bonds. The molecule has 2 rings (SSSR count). The second kappa shape index (κ2) is 8.56. The van der Waals surface area contributed by atoms with Crippen LogP contribution in [0, 0.1) is 5.82 Å². The first-order chi connectivity index (χ1) is 11.5. The van der Waals surface area contributed by atoms with Crippen LogP contribution in [-0.4, -0.2) is 25.4 Å². The third kappa shape index (κ3) is 4.87. The molecule has 1 atom stereocenters. The highest BCUT2D eigenvalue weighted by atomic mass is 19.3. The lowest BCUT2D eigenvalue weighted by molar-refractivity contribution is -0.0512. The lowest BCUT2D eigenvalue weighted by atomic mass is 10.1. The topological polar surface area (TPSA) is 50.7 Å². The van der Waals surface area contributed by atoms with Gasteiger partial charge in [0, 0.05) is 18.7 Å². The summed E-state index contributed by atoms with van der Waals surface area (Å²) in [6, 6.07) is 10.6. The Morgan fingerprint density at radius 1 is 1.12 bits per heavy atom. The summed E-state index contributed by atoms with van der Waals surface area (Å²) in [6.45, 7) is -2.56. The number of hydrogen-bond acceptors (Lipinski definition) is 4. The van der Waals surface area contributed by atoms with Crippen molar-refractivity contribution in [3.05, 3.63) is 59.4 Å². The van der Waals surface area contributed by atoms with E-state index < -0.39 is 18.5 Å². The SMILES string of the molecule is COc1ccc(CNCC(O)c2ccccc2F)cc1OC(F)F. The number of nitrogens with one attached hydrogen (secondary N) is 1. The summed E-state index contributed by atoms with van der Waals surface area (Å²) in [5.41, 5.74) is 0.855. The van der Waals surface area contributed by atoms with Gasteiger partial charge in [0.25, 0.3) is 0 Å². The van der Waals surface area contributed by atoms with E-state index in [2.05, 4.69) is 10.1 Å². The van der Waals surface area contributed by atoms with Crippen LogP contribution in [0.15, 0.2) is 42.5 Å². The first-order valence-electron chi connectivity index (χ1n) is 7.26. The van der Waals surface area contributed by atoms with Gasteiger partial charge >= 0.3 is 6.61 Å². The lowest BCUT2D eigenvalue weighted by Crippen LogP contribution is -2.21. The average Bonchev–Trinajstić information content (AvgIpc) is 2.55. The molecule has 1 unspecified atom stereocenters. The van der Waals surface area contributed by atoms with Gasteiger partial charge in [-0.25, -0.2) is 4.39 Å². The zero-order valence-electron chi connectivity index (χ0n) is 13.0. The molecule has 2 aromatic rings. The van der Waals surface area contributed by atoms with E-state index in [4.69, 9.17) is 4.74 Å². The number of hydrogen-bond donors (Lipinski definition) is 2. The molecule has 0 aromatic heterocycles. The highest BCUT2D eigenvalue weighted by molar-refractivity contribution is 5.43. The number of aliphatic hydroxyl groups is 1. The number of ether oxygens (including phenoxy) is 2. The Labute approximate surface area is 137 Å². The third-order valence-corrected chi connectivity index (χ3v) is 3.38. The lowest BCUT2D eigenvalue weighted by Gasteiger charge is -2.14. The molecule has 0 aliphatic heterocycles. The molecule has 2 aromatic carbocycles. The number of benzene rings is 2. The Bertz CT molecular complexity index is 667. The molecule has 0 saturated carbocycles. The maximum atomic E-state index is 13.6. The molecule has 4 nitrogen and oxygen atoms in total. The van der Waals surface area contributed by atoms with Gasteiger partial charge in [-0.05, 0) is 23.8 Å². The zero-order valence-corrected chi connectivity index (χ0v) is 13.0. The van der Waals surface area contributed by atoms with Crippen LogP contribution < -0.4 is 14.8 Å². The van der Waals surface area contributed by atoms with Crippen LogP contribution in [0.3, 0.4) is 0 Å². The summed E-state index contributed by atoms with van der Waals surface area (Å²) in [5.74, 6) is -0.351. The van der Waals surface area contributed by atoms with Gasteiger partial charge in [0.1, 0.15) is 5.82 Å². The van der Waals surface area contributed by atoms with E-state index in [9.17, 15) is 18.3 Å². The Hall–Kier alpha value is -2.25. The maximum Gasteiger partial charge on any atom is 0.387 e. The van der Waals surface area contributed by atoms with Crippen LogP contribution >= 0.6 is 0 Å². The van der Waals surface area contributed by atoms with Crippen LogP contribution in [0.2, 0.25) is 0 Å². The largest absolute Gasteiger partial charge is 0.493 e. The van der Waals surface area contributed by atoms with Gasteiger partial charge in [0.15, 0.2) is 11.5 Å². The van der Waals surface area contributed by atoms with Crippen LogP contribution in [0.5, 0.6) is 11.5 Å². The van der Waals surface area contributed by atoms with E-state index >= 15 is 0 Å². The number of aliphatic hydroxyl groups excluding tert-OH is 1. The van der Waals surface area contributed by atoms with Crippen molar-refractivity contribution < 1.29 is 27.8 Å². The molecule has 0 aliphatic carbocycles. The van der Waals surface area contributed by atoms with E-state index in [1.807, 2.05) is 0 Å². The fourth-order valence-electron chi connectivity index (χ4n) is 2.23. The van der Waals surface area contributed by atoms with Crippen LogP contribution in [-0.2, 0) is 6.54 Å². The minimum atomic E-state index is -2.95. The van der Waals surface area contributed by atoms with Crippen molar-refractivity contribution in [2.24, 2.45) is 0 Å². The predicted octanol–water partition coefficient (Wildman–Crippen LogP) is 3.26. The number of halogens is 3. The highest BCUT2D eigenvalue weighted by Gasteiger charge is 2.13. The fourth-order valence-corrected chi connectivity index (χ4v) is 2.23. The molecule has 0 saturated heterocycles. The Morgan fingerprint density at radius 3 is 2.54 bits per heavy atom. The molecule has 0 fully saturated rings. The van der Waals surface area contributed by atoms with Crippen molar-refractivity contribution in [2.75, 3.05) is 13.7 Å². The first-order valence-corrected chi connectivity index (χ1v) is 7.26. The van der Waals surface area contributed by atoms with Gasteiger partial charge in [0.2, 0.25) is 0 Å². The van der Waals surface area contributed by atoms with Gasteiger partial charge < -0.3 is 19.9 Å². The van der Waals surface area contributed by atoms with Crippen molar-refractivity contribution in [2.45, 2.75) is 19.3 Å². The molecule has 24 heavy (non-hydrogen) atoms. The van der Waals surface area contributed by atoms with E-state index in [-0.39, 0.29) is 30.2 Å². The van der Waals surface area contributed by atoms with Gasteiger partial charge in [-0.15, -0.1) is 0 Å². The smallest absolute Gasteiger partial charge is 0.387 e. The summed E-state index contributed by atoms with van der Waals surface area (Å²) in [7, 11) is 1.36. The summed E-state index contributed by atoms with van der Waals surface area (Å²) in [4.78, 5) is 0. The van der Waals surface area contributed by atoms with E-state index in [1.165, 1.54) is 31.4 Å². The minimum absolute atomic E-state index is 0.0681. The summed E-state index contributed by atoms with van der Waals surface area (Å²) < 4.78 is 47.7. The van der Waals surface area contributed by atoms with Gasteiger partial charge in [-0.2, -0.15) is 8.78 Å². The van der Waals surface area contributed by atoms with Crippen LogP contribution in [0.25, 0.3) is 0 Å². The van der Waals surface area contributed by atoms with Crippen molar-refractivity contribution >= 4 is 0 Å². The Morgan fingerprint density at radius 2 is 1.88 bits per heavy atom. The Kier molecular flexibility index (Phi) is 6.45. The van der Waals surface area contributed by atoms with Gasteiger partial charge in [-0.3, -0.25) is 0 Å². The standard InChI is InChI=1S/C17H18F3NO3/c1-23-15-7-6-11(8-16(15)24-17(19)20)9-21-10-14(22)12-4-2-3-5-13(12)18/h2-8,14,17,21-22H,9-10H2,1H3. The fraction of sp³-hybridized carbons (Fsp3) is 0.294. The molecular formula is C17H18F3NO3. The highest BCUT2D eigenvalue weighted by Crippen LogP contribution is 2.29. The number of methoxy groups -OCH3 is 1. The van der Waals surface area contributed by atoms with Crippen molar-refractivity contribution in [3.63, 3.8) is 0 Å². The minimum Gasteiger partial charge on any atom is -0.493 e. The monoisotopic (exact) mass is 341 g/mol. The summed E-state index contributed by atoms with van der Waals surface area (Å²) in [6.07, 6.45) is -1.01. The molecule has 7 heteroatoms. The van der Waals surface area contributed by atoms with Crippen molar-refractivity contribution in [1.29, 1.82) is 0 Å². The van der Waals surface area contributed by atoms with E-state index in [1.54, 1.807) is 18.2 Å². The molecule has 0 heterocycles. The molecule has 0 radical (unpaired) electrons. The van der Waals surface area contributed by atoms with E-state index in [0.717, 1.165) is 0 Å². The van der Waals surface area contributed by atoms with Crippen LogP contribution in [0.1, 0.15) is 17.2 Å². The summed E-state index contributed by atoms with van der Waals surface area (Å²) in [5, 5.41) is 12.9. The number of alkyl halides is 2. The van der Waals surface area contributed by atoms with Gasteiger partial charge in [0.05, 0.1) is 13.2 Å². The summed E-state index contributed by atoms with van der Waals surface area (Å²) >= 11 is 0. The van der Waals surface area contributed by atoms with Crippen molar-refractivity contribution in [3.8, 4) is 11.5 Å². The van der Waals surface area contributed by atoms with Gasteiger partial charge in [-0.1, -0.05) is 24.3 Å². The second-order valence-corrected chi connectivity index (χ2v) is 5.03. The molecule has 0 bridgehead atoms. The molecule has 130 valence electrons. The predicted molar refractivity (Wildman–Crippen MR) is 82.7 cm³/mol. The maximum absolute atomic E-state index is 13.6. The first kappa shape index (κ1) is 18.1.